The van der Waals surface area contributed by atoms with Crippen molar-refractivity contribution in [3.05, 3.63) is 58.4 Å². The van der Waals surface area contributed by atoms with Crippen molar-refractivity contribution >= 4 is 28.3 Å². The van der Waals surface area contributed by atoms with Crippen molar-refractivity contribution in [3.8, 4) is 5.75 Å². The van der Waals surface area contributed by atoms with E-state index in [1.54, 1.807) is 18.2 Å². The van der Waals surface area contributed by atoms with Crippen LogP contribution in [0.4, 0.5) is 13.2 Å². The fraction of sp³-hybridized carbons (Fsp3) is 0.118. The van der Waals surface area contributed by atoms with Crippen molar-refractivity contribution < 1.29 is 17.9 Å². The van der Waals surface area contributed by atoms with Gasteiger partial charge in [-0.05, 0) is 36.4 Å². The Kier molecular flexibility index (Phi) is 4.06. The van der Waals surface area contributed by atoms with E-state index in [0.717, 1.165) is 23.9 Å². The van der Waals surface area contributed by atoms with Gasteiger partial charge in [0.05, 0.1) is 23.6 Å². The molecule has 27 heavy (non-hydrogen) atoms. The minimum Gasteiger partial charge on any atom is -0.497 e. The highest BCUT2D eigenvalue weighted by molar-refractivity contribution is 7.99. The minimum atomic E-state index is -4.39. The maximum absolute atomic E-state index is 12.7. The molecule has 2 aromatic heterocycles. The molecule has 0 fully saturated rings. The number of halogens is 3. The van der Waals surface area contributed by atoms with Gasteiger partial charge in [0.15, 0.2) is 10.7 Å². The topological polar surface area (TPSA) is 72.3 Å². The molecule has 0 aliphatic carbocycles. The molecule has 0 bridgehead atoms. The quantitative estimate of drug-likeness (QED) is 0.575. The summed E-state index contributed by atoms with van der Waals surface area (Å²) in [6, 6.07) is 9.64. The van der Waals surface area contributed by atoms with Gasteiger partial charge < -0.3 is 4.74 Å². The number of benzene rings is 2. The lowest BCUT2D eigenvalue weighted by Crippen LogP contribution is -2.10. The smallest absolute Gasteiger partial charge is 0.416 e. The van der Waals surface area contributed by atoms with Gasteiger partial charge in [0.2, 0.25) is 0 Å². The average Bonchev–Trinajstić information content (AvgIpc) is 3.04. The monoisotopic (exact) mass is 392 g/mol. The predicted octanol–water partition coefficient (Wildman–Crippen LogP) is 3.75. The highest BCUT2D eigenvalue weighted by atomic mass is 32.2. The van der Waals surface area contributed by atoms with Crippen LogP contribution in [0, 0.1) is 0 Å². The zero-order valence-electron chi connectivity index (χ0n) is 13.7. The number of alkyl halides is 3. The molecule has 10 heteroatoms. The molecule has 0 radical (unpaired) electrons. The summed E-state index contributed by atoms with van der Waals surface area (Å²) in [5.74, 6) is 0.563. The molecule has 138 valence electrons. The van der Waals surface area contributed by atoms with E-state index in [-0.39, 0.29) is 5.65 Å². The Morgan fingerprint density at radius 3 is 2.56 bits per heavy atom. The number of methoxy groups -OCH3 is 1. The molecule has 0 amide bonds. The van der Waals surface area contributed by atoms with Gasteiger partial charge in [-0.1, -0.05) is 11.8 Å². The Balaban J connectivity index is 1.78. The molecule has 0 saturated carbocycles. The van der Waals surface area contributed by atoms with E-state index in [1.807, 2.05) is 0 Å². The second kappa shape index (κ2) is 6.31. The van der Waals surface area contributed by atoms with E-state index in [9.17, 15) is 18.0 Å². The van der Waals surface area contributed by atoms with Gasteiger partial charge in [-0.25, -0.2) is 9.73 Å². The molecule has 2 heterocycles. The number of H-pyrrole nitrogens is 1. The minimum absolute atomic E-state index is 0.283. The highest BCUT2D eigenvalue weighted by Crippen LogP contribution is 2.33. The molecule has 0 unspecified atom stereocenters. The number of rotatable bonds is 3. The lowest BCUT2D eigenvalue weighted by Gasteiger charge is -2.06. The van der Waals surface area contributed by atoms with Gasteiger partial charge in [0, 0.05) is 11.0 Å². The normalized spacial score (nSPS) is 12.0. The first-order valence-electron chi connectivity index (χ1n) is 7.67. The SMILES string of the molecule is COc1ccc2c(=O)nc3c(Sc4ccc(C(F)(F)F)cc4)n[nH]n3c2c1. The van der Waals surface area contributed by atoms with Crippen LogP contribution in [0.25, 0.3) is 16.6 Å². The lowest BCUT2D eigenvalue weighted by atomic mass is 10.2. The fourth-order valence-electron chi connectivity index (χ4n) is 2.61. The maximum atomic E-state index is 12.7. The Morgan fingerprint density at radius 1 is 1.15 bits per heavy atom. The second-order valence-electron chi connectivity index (χ2n) is 5.60. The third-order valence-electron chi connectivity index (χ3n) is 3.93. The van der Waals surface area contributed by atoms with Gasteiger partial charge in [0.25, 0.3) is 5.56 Å². The maximum Gasteiger partial charge on any atom is 0.416 e. The number of aromatic nitrogens is 4. The summed E-state index contributed by atoms with van der Waals surface area (Å²) in [5, 5.41) is 7.68. The molecule has 6 nitrogen and oxygen atoms in total. The summed E-state index contributed by atoms with van der Waals surface area (Å²) in [4.78, 5) is 16.9. The predicted molar refractivity (Wildman–Crippen MR) is 93.2 cm³/mol. The largest absolute Gasteiger partial charge is 0.497 e. The van der Waals surface area contributed by atoms with E-state index in [4.69, 9.17) is 4.74 Å². The number of fused-ring (bicyclic) bond motifs is 3. The van der Waals surface area contributed by atoms with Crippen molar-refractivity contribution in [1.82, 2.24) is 19.8 Å². The summed E-state index contributed by atoms with van der Waals surface area (Å²) in [7, 11) is 1.52. The molecule has 1 N–H and O–H groups in total. The van der Waals surface area contributed by atoms with Crippen LogP contribution in [-0.2, 0) is 6.18 Å². The molecule has 0 aliphatic heterocycles. The first-order valence-corrected chi connectivity index (χ1v) is 8.48. The highest BCUT2D eigenvalue weighted by Gasteiger charge is 2.30. The van der Waals surface area contributed by atoms with Crippen LogP contribution >= 0.6 is 11.8 Å². The Hall–Kier alpha value is -3.01. The van der Waals surface area contributed by atoms with E-state index in [2.05, 4.69) is 15.3 Å². The van der Waals surface area contributed by atoms with Crippen molar-refractivity contribution in [3.63, 3.8) is 0 Å². The van der Waals surface area contributed by atoms with Crippen molar-refractivity contribution in [2.45, 2.75) is 16.1 Å². The Labute approximate surface area is 154 Å². The molecule has 0 aliphatic rings. The fourth-order valence-corrected chi connectivity index (χ4v) is 3.42. The van der Waals surface area contributed by atoms with Crippen LogP contribution in [0.3, 0.4) is 0 Å². The molecule has 0 spiro atoms. The Bertz CT molecular complexity index is 1200. The molecule has 4 rings (SSSR count). The summed E-state index contributed by atoms with van der Waals surface area (Å²) < 4.78 is 44.8. The number of nitrogens with zero attached hydrogens (tertiary/aromatic N) is 3. The summed E-state index contributed by atoms with van der Waals surface area (Å²) in [6.07, 6.45) is -4.39. The van der Waals surface area contributed by atoms with Crippen molar-refractivity contribution in [1.29, 1.82) is 0 Å². The first-order chi connectivity index (χ1) is 12.9. The number of nitrogens with one attached hydrogen (secondary N) is 1. The number of ether oxygens (including phenoxy) is 1. The second-order valence-corrected chi connectivity index (χ2v) is 6.66. The third-order valence-corrected chi connectivity index (χ3v) is 4.91. The van der Waals surface area contributed by atoms with Crippen LogP contribution in [0.2, 0.25) is 0 Å². The van der Waals surface area contributed by atoms with Crippen LogP contribution in [0.1, 0.15) is 5.56 Å². The van der Waals surface area contributed by atoms with E-state index >= 15 is 0 Å². The van der Waals surface area contributed by atoms with E-state index in [1.165, 1.54) is 23.8 Å². The van der Waals surface area contributed by atoms with Crippen LogP contribution in [0.15, 0.2) is 57.2 Å². The van der Waals surface area contributed by atoms with Crippen LogP contribution < -0.4 is 10.3 Å². The summed E-state index contributed by atoms with van der Waals surface area (Å²) >= 11 is 1.11. The summed E-state index contributed by atoms with van der Waals surface area (Å²) in [5.41, 5.74) is -0.337. The number of aromatic amines is 1. The zero-order valence-corrected chi connectivity index (χ0v) is 14.6. The standard InChI is InChI=1S/C17H11F3N4O2S/c1-26-10-4-7-12-13(8-10)24-14(21-15(12)25)16(22-23-24)27-11-5-2-9(3-6-11)17(18,19)20/h2-8,23H,1H3. The van der Waals surface area contributed by atoms with Crippen molar-refractivity contribution in [2.75, 3.05) is 7.11 Å². The molecular formula is C17H11F3N4O2S. The van der Waals surface area contributed by atoms with Gasteiger partial charge in [-0.15, -0.1) is 5.10 Å². The number of hydrogen-bond acceptors (Lipinski definition) is 5. The Morgan fingerprint density at radius 2 is 1.89 bits per heavy atom. The van der Waals surface area contributed by atoms with Gasteiger partial charge in [0.1, 0.15) is 5.75 Å². The molecule has 0 atom stereocenters. The van der Waals surface area contributed by atoms with Gasteiger partial charge in [-0.2, -0.15) is 18.2 Å². The molecule has 2 aromatic carbocycles. The lowest BCUT2D eigenvalue weighted by molar-refractivity contribution is -0.137. The number of hydrogen-bond donors (Lipinski definition) is 1. The molecular weight excluding hydrogens is 381 g/mol. The van der Waals surface area contributed by atoms with Gasteiger partial charge >= 0.3 is 6.18 Å². The van der Waals surface area contributed by atoms with E-state index < -0.39 is 17.3 Å². The molecule has 4 aromatic rings. The third kappa shape index (κ3) is 3.12. The first kappa shape index (κ1) is 17.4. The average molecular weight is 392 g/mol. The van der Waals surface area contributed by atoms with Crippen LogP contribution in [-0.4, -0.2) is 26.9 Å². The van der Waals surface area contributed by atoms with E-state index in [0.29, 0.717) is 26.6 Å². The zero-order chi connectivity index (χ0) is 19.2. The summed E-state index contributed by atoms with van der Waals surface area (Å²) in [6.45, 7) is 0. The van der Waals surface area contributed by atoms with Gasteiger partial charge in [-0.3, -0.25) is 4.79 Å². The molecule has 0 saturated heterocycles. The van der Waals surface area contributed by atoms with Crippen LogP contribution in [0.5, 0.6) is 5.75 Å². The van der Waals surface area contributed by atoms with Crippen molar-refractivity contribution in [2.24, 2.45) is 0 Å².